The molecule has 1 aromatic rings. The van der Waals surface area contributed by atoms with E-state index in [9.17, 15) is 27.9 Å². The molecule has 0 spiro atoms. The van der Waals surface area contributed by atoms with Crippen LogP contribution in [0.15, 0.2) is 36.1 Å². The van der Waals surface area contributed by atoms with Crippen LogP contribution in [-0.2, 0) is 15.7 Å². The maximum absolute atomic E-state index is 12.3. The van der Waals surface area contributed by atoms with Gasteiger partial charge in [0.15, 0.2) is 5.78 Å². The minimum Gasteiger partial charge on any atom is -0.502 e. The van der Waals surface area contributed by atoms with E-state index < -0.39 is 29.3 Å². The first kappa shape index (κ1) is 15.7. The molecule has 0 amide bonds. The maximum atomic E-state index is 12.3. The van der Waals surface area contributed by atoms with Gasteiger partial charge in [0, 0.05) is 11.6 Å². The summed E-state index contributed by atoms with van der Waals surface area (Å²) in [6, 6.07) is 3.39. The van der Waals surface area contributed by atoms with E-state index in [1.54, 1.807) is 0 Å². The van der Waals surface area contributed by atoms with Crippen molar-refractivity contribution < 1.29 is 32.6 Å². The second-order valence-corrected chi connectivity index (χ2v) is 3.69. The summed E-state index contributed by atoms with van der Waals surface area (Å²) in [7, 11) is 0. The van der Waals surface area contributed by atoms with Crippen molar-refractivity contribution in [1.82, 2.24) is 0 Å². The minimum atomic E-state index is -4.50. The van der Waals surface area contributed by atoms with Gasteiger partial charge in [0.2, 0.25) is 5.76 Å². The van der Waals surface area contributed by atoms with Crippen LogP contribution in [0.3, 0.4) is 0 Å². The molecule has 108 valence electrons. The van der Waals surface area contributed by atoms with Gasteiger partial charge in [-0.2, -0.15) is 13.2 Å². The smallest absolute Gasteiger partial charge is 0.416 e. The van der Waals surface area contributed by atoms with E-state index >= 15 is 0 Å². The minimum absolute atomic E-state index is 0.0191. The van der Waals surface area contributed by atoms with Crippen LogP contribution in [0, 0.1) is 0 Å². The lowest BCUT2D eigenvalue weighted by atomic mass is 10.1. The molecule has 0 atom stereocenters. The molecule has 0 unspecified atom stereocenters. The highest BCUT2D eigenvalue weighted by Crippen LogP contribution is 2.29. The summed E-state index contributed by atoms with van der Waals surface area (Å²) >= 11 is 0. The topological polar surface area (TPSA) is 63.6 Å². The van der Waals surface area contributed by atoms with Crippen molar-refractivity contribution in [2.24, 2.45) is 0 Å². The molecule has 7 heteroatoms. The van der Waals surface area contributed by atoms with Gasteiger partial charge in [0.05, 0.1) is 12.2 Å². The Bertz CT molecular complexity index is 530. The van der Waals surface area contributed by atoms with Crippen LogP contribution in [0.2, 0.25) is 0 Å². The Morgan fingerprint density at radius 3 is 2.25 bits per heavy atom. The van der Waals surface area contributed by atoms with E-state index in [0.29, 0.717) is 6.08 Å². The average molecular weight is 288 g/mol. The Hall–Kier alpha value is -2.31. The number of allylic oxidation sites excluding steroid dienone is 1. The average Bonchev–Trinajstić information content (AvgIpc) is 2.38. The van der Waals surface area contributed by atoms with Crippen molar-refractivity contribution in [2.75, 3.05) is 6.61 Å². The molecule has 1 aromatic carbocycles. The van der Waals surface area contributed by atoms with E-state index in [-0.39, 0.29) is 12.2 Å². The Balaban J connectivity index is 2.88. The van der Waals surface area contributed by atoms with Gasteiger partial charge in [-0.05, 0) is 19.1 Å². The summed E-state index contributed by atoms with van der Waals surface area (Å²) in [4.78, 5) is 22.7. The lowest BCUT2D eigenvalue weighted by Gasteiger charge is -2.06. The van der Waals surface area contributed by atoms with Gasteiger partial charge >= 0.3 is 12.1 Å². The first-order valence-electron chi connectivity index (χ1n) is 5.55. The second-order valence-electron chi connectivity index (χ2n) is 3.69. The molecule has 0 saturated carbocycles. The summed E-state index contributed by atoms with van der Waals surface area (Å²) in [6.45, 7) is 1.54. The summed E-state index contributed by atoms with van der Waals surface area (Å²) < 4.78 is 41.4. The number of alkyl halides is 3. The van der Waals surface area contributed by atoms with Gasteiger partial charge in [-0.25, -0.2) is 4.79 Å². The van der Waals surface area contributed by atoms with Crippen LogP contribution in [0.1, 0.15) is 22.8 Å². The molecule has 0 fully saturated rings. The maximum Gasteiger partial charge on any atom is 0.416 e. The fourth-order valence-corrected chi connectivity index (χ4v) is 1.29. The number of aliphatic hydroxyl groups is 1. The highest BCUT2D eigenvalue weighted by molar-refractivity contribution is 6.07. The predicted octanol–water partition coefficient (Wildman–Crippen LogP) is 2.89. The third-order valence-electron chi connectivity index (χ3n) is 2.25. The highest BCUT2D eigenvalue weighted by Gasteiger charge is 2.30. The molecule has 4 nitrogen and oxygen atoms in total. The van der Waals surface area contributed by atoms with Crippen LogP contribution in [-0.4, -0.2) is 23.5 Å². The van der Waals surface area contributed by atoms with Crippen molar-refractivity contribution in [3.63, 3.8) is 0 Å². The molecule has 0 aliphatic rings. The third kappa shape index (κ3) is 4.11. The Morgan fingerprint density at radius 2 is 1.80 bits per heavy atom. The number of ether oxygens (including phenoxy) is 1. The zero-order chi connectivity index (χ0) is 15.3. The molecule has 1 N–H and O–H groups in total. The molecule has 0 aromatic heterocycles. The molecule has 0 aliphatic carbocycles. The quantitative estimate of drug-likeness (QED) is 0.400. The molecule has 0 saturated heterocycles. The van der Waals surface area contributed by atoms with Crippen molar-refractivity contribution in [1.29, 1.82) is 0 Å². The number of benzene rings is 1. The first-order valence-corrected chi connectivity index (χ1v) is 5.55. The van der Waals surface area contributed by atoms with Crippen molar-refractivity contribution in [2.45, 2.75) is 13.1 Å². The fourth-order valence-electron chi connectivity index (χ4n) is 1.29. The predicted molar refractivity (Wildman–Crippen MR) is 63.1 cm³/mol. The number of rotatable bonds is 4. The lowest BCUT2D eigenvalue weighted by Crippen LogP contribution is -2.09. The van der Waals surface area contributed by atoms with Crippen molar-refractivity contribution in [3.8, 4) is 0 Å². The molecular weight excluding hydrogens is 277 g/mol. The SMILES string of the molecule is CCOC(=O)C(O)=CC(=O)c1ccc(C(F)(F)F)cc1. The molecule has 0 heterocycles. The summed E-state index contributed by atoms with van der Waals surface area (Å²) in [5.74, 6) is -2.78. The number of carbonyl (C=O) groups is 2. The summed E-state index contributed by atoms with van der Waals surface area (Å²) in [5, 5.41) is 9.25. The highest BCUT2D eigenvalue weighted by atomic mass is 19.4. The fraction of sp³-hybridized carbons (Fsp3) is 0.231. The Kier molecular flexibility index (Phi) is 4.90. The van der Waals surface area contributed by atoms with Gasteiger partial charge in [-0.3, -0.25) is 4.79 Å². The molecule has 0 aliphatic heterocycles. The zero-order valence-corrected chi connectivity index (χ0v) is 10.4. The molecule has 0 radical (unpaired) electrons. The van der Waals surface area contributed by atoms with Crippen molar-refractivity contribution in [3.05, 3.63) is 47.2 Å². The van der Waals surface area contributed by atoms with Gasteiger partial charge in [0.1, 0.15) is 0 Å². The van der Waals surface area contributed by atoms with E-state index in [2.05, 4.69) is 4.74 Å². The lowest BCUT2D eigenvalue weighted by molar-refractivity contribution is -0.141. The monoisotopic (exact) mass is 288 g/mol. The van der Waals surface area contributed by atoms with E-state index in [1.807, 2.05) is 0 Å². The molecule has 1 rings (SSSR count). The van der Waals surface area contributed by atoms with Gasteiger partial charge < -0.3 is 9.84 Å². The number of hydrogen-bond donors (Lipinski definition) is 1. The number of carbonyl (C=O) groups excluding carboxylic acids is 2. The molecule has 0 bridgehead atoms. The number of ketones is 1. The van der Waals surface area contributed by atoms with Crippen LogP contribution in [0.4, 0.5) is 13.2 Å². The Labute approximate surface area is 112 Å². The summed E-state index contributed by atoms with van der Waals surface area (Å²) in [5.41, 5.74) is -0.985. The van der Waals surface area contributed by atoms with Crippen LogP contribution >= 0.6 is 0 Å². The van der Waals surface area contributed by atoms with Gasteiger partial charge in [-0.1, -0.05) is 12.1 Å². The van der Waals surface area contributed by atoms with Gasteiger partial charge in [0.25, 0.3) is 0 Å². The van der Waals surface area contributed by atoms with Crippen LogP contribution < -0.4 is 0 Å². The third-order valence-corrected chi connectivity index (χ3v) is 2.25. The van der Waals surface area contributed by atoms with E-state index in [1.165, 1.54) is 6.92 Å². The van der Waals surface area contributed by atoms with E-state index in [0.717, 1.165) is 24.3 Å². The number of halogens is 3. The van der Waals surface area contributed by atoms with Gasteiger partial charge in [-0.15, -0.1) is 0 Å². The number of hydrogen-bond acceptors (Lipinski definition) is 4. The van der Waals surface area contributed by atoms with Crippen LogP contribution in [0.5, 0.6) is 0 Å². The number of aliphatic hydroxyl groups excluding tert-OH is 1. The Morgan fingerprint density at radius 1 is 1.25 bits per heavy atom. The molecule has 20 heavy (non-hydrogen) atoms. The molecular formula is C13H11F3O4. The second kappa shape index (κ2) is 6.23. The standard InChI is InChI=1S/C13H11F3O4/c1-2-20-12(19)11(18)7-10(17)8-3-5-9(6-4-8)13(14,15)16/h3-7,18H,2H2,1H3. The largest absolute Gasteiger partial charge is 0.502 e. The zero-order valence-electron chi connectivity index (χ0n) is 10.4. The first-order chi connectivity index (χ1) is 9.25. The normalized spacial score (nSPS) is 12.1. The van der Waals surface area contributed by atoms with Crippen LogP contribution in [0.25, 0.3) is 0 Å². The van der Waals surface area contributed by atoms with Crippen molar-refractivity contribution >= 4 is 11.8 Å². The summed E-state index contributed by atoms with van der Waals surface area (Å²) in [6.07, 6.45) is -3.90. The number of esters is 1. The van der Waals surface area contributed by atoms with E-state index in [4.69, 9.17) is 0 Å².